The standard InChI is InChI=1S/C20H21ClN2O3/c1-2-20(25)23-10-9-14-3-6-17(11-15(14)12-23)22-19(24)13-26-18-7-4-16(21)5-8-18/h3-8,11H,2,9-10,12-13H2,1H3,(H,22,24). The van der Waals surface area contributed by atoms with Gasteiger partial charge < -0.3 is 15.0 Å². The molecule has 1 N–H and O–H groups in total. The normalized spacial score (nSPS) is 13.1. The van der Waals surface area contributed by atoms with E-state index in [-0.39, 0.29) is 18.4 Å². The number of fused-ring (bicyclic) bond motifs is 1. The van der Waals surface area contributed by atoms with E-state index in [0.29, 0.717) is 29.4 Å². The molecule has 2 aromatic carbocycles. The van der Waals surface area contributed by atoms with E-state index in [1.807, 2.05) is 30.0 Å². The van der Waals surface area contributed by atoms with Gasteiger partial charge in [0.2, 0.25) is 5.91 Å². The molecule has 0 spiro atoms. The molecule has 0 fully saturated rings. The van der Waals surface area contributed by atoms with Gasteiger partial charge in [-0.1, -0.05) is 24.6 Å². The molecule has 26 heavy (non-hydrogen) atoms. The lowest BCUT2D eigenvalue weighted by atomic mass is 9.99. The fraction of sp³-hybridized carbons (Fsp3) is 0.300. The van der Waals surface area contributed by atoms with Gasteiger partial charge in [-0.25, -0.2) is 0 Å². The SMILES string of the molecule is CCC(=O)N1CCc2ccc(NC(=O)COc3ccc(Cl)cc3)cc2C1. The first-order valence-corrected chi connectivity index (χ1v) is 9.00. The van der Waals surface area contributed by atoms with Crippen LogP contribution in [0.4, 0.5) is 5.69 Å². The minimum Gasteiger partial charge on any atom is -0.484 e. The van der Waals surface area contributed by atoms with Gasteiger partial charge in [0.1, 0.15) is 5.75 Å². The van der Waals surface area contributed by atoms with Crippen molar-refractivity contribution in [3.05, 3.63) is 58.6 Å². The van der Waals surface area contributed by atoms with E-state index >= 15 is 0 Å². The van der Waals surface area contributed by atoms with Crippen molar-refractivity contribution in [2.75, 3.05) is 18.5 Å². The van der Waals surface area contributed by atoms with E-state index in [9.17, 15) is 9.59 Å². The number of carbonyl (C=O) groups excluding carboxylic acids is 2. The molecule has 0 aliphatic carbocycles. The van der Waals surface area contributed by atoms with Gasteiger partial charge in [-0.15, -0.1) is 0 Å². The Morgan fingerprint density at radius 3 is 2.65 bits per heavy atom. The second-order valence-corrected chi connectivity index (χ2v) is 6.63. The topological polar surface area (TPSA) is 58.6 Å². The van der Waals surface area contributed by atoms with Crippen LogP contribution < -0.4 is 10.1 Å². The molecule has 5 nitrogen and oxygen atoms in total. The summed E-state index contributed by atoms with van der Waals surface area (Å²) in [6.07, 6.45) is 1.35. The molecule has 1 heterocycles. The lowest BCUT2D eigenvalue weighted by Gasteiger charge is -2.29. The molecule has 0 aromatic heterocycles. The first-order chi connectivity index (χ1) is 12.5. The number of ether oxygens (including phenoxy) is 1. The van der Waals surface area contributed by atoms with E-state index in [0.717, 1.165) is 18.5 Å². The number of carbonyl (C=O) groups is 2. The van der Waals surface area contributed by atoms with Gasteiger partial charge in [-0.2, -0.15) is 0 Å². The molecule has 0 saturated heterocycles. The second-order valence-electron chi connectivity index (χ2n) is 6.19. The largest absolute Gasteiger partial charge is 0.484 e. The molecule has 0 unspecified atom stereocenters. The maximum atomic E-state index is 12.1. The molecule has 2 aromatic rings. The van der Waals surface area contributed by atoms with E-state index < -0.39 is 0 Å². The van der Waals surface area contributed by atoms with E-state index in [1.54, 1.807) is 24.3 Å². The van der Waals surface area contributed by atoms with Gasteiger partial charge in [-0.05, 0) is 53.9 Å². The monoisotopic (exact) mass is 372 g/mol. The first kappa shape index (κ1) is 18.3. The molecule has 2 amide bonds. The van der Waals surface area contributed by atoms with Crippen molar-refractivity contribution < 1.29 is 14.3 Å². The van der Waals surface area contributed by atoms with Crippen molar-refractivity contribution in [3.8, 4) is 5.75 Å². The number of hydrogen-bond acceptors (Lipinski definition) is 3. The van der Waals surface area contributed by atoms with Crippen molar-refractivity contribution >= 4 is 29.1 Å². The number of amides is 2. The van der Waals surface area contributed by atoms with Crippen molar-refractivity contribution in [2.24, 2.45) is 0 Å². The predicted molar refractivity (Wildman–Crippen MR) is 101 cm³/mol. The number of halogens is 1. The Morgan fingerprint density at radius 1 is 1.15 bits per heavy atom. The van der Waals surface area contributed by atoms with Gasteiger partial charge in [0.25, 0.3) is 5.91 Å². The van der Waals surface area contributed by atoms with Crippen LogP contribution in [0.25, 0.3) is 0 Å². The zero-order valence-corrected chi connectivity index (χ0v) is 15.4. The van der Waals surface area contributed by atoms with Crippen molar-refractivity contribution in [1.82, 2.24) is 4.90 Å². The molecule has 0 bridgehead atoms. The smallest absolute Gasteiger partial charge is 0.262 e. The van der Waals surface area contributed by atoms with Gasteiger partial charge in [-0.3, -0.25) is 9.59 Å². The molecular formula is C20H21ClN2O3. The van der Waals surface area contributed by atoms with Crippen LogP contribution in [-0.2, 0) is 22.6 Å². The average Bonchev–Trinajstić information content (AvgIpc) is 2.66. The first-order valence-electron chi connectivity index (χ1n) is 8.63. The average molecular weight is 373 g/mol. The molecule has 3 rings (SSSR count). The third-order valence-corrected chi connectivity index (χ3v) is 4.59. The Hall–Kier alpha value is -2.53. The third kappa shape index (κ3) is 4.55. The summed E-state index contributed by atoms with van der Waals surface area (Å²) in [6.45, 7) is 3.13. The highest BCUT2D eigenvalue weighted by Crippen LogP contribution is 2.23. The van der Waals surface area contributed by atoms with E-state index in [4.69, 9.17) is 16.3 Å². The molecule has 1 aliphatic heterocycles. The van der Waals surface area contributed by atoms with Crippen LogP contribution in [0.1, 0.15) is 24.5 Å². The number of nitrogens with one attached hydrogen (secondary N) is 1. The molecule has 1 aliphatic rings. The molecular weight excluding hydrogens is 352 g/mol. The number of rotatable bonds is 5. The minimum atomic E-state index is -0.239. The second kappa shape index (κ2) is 8.23. The van der Waals surface area contributed by atoms with Gasteiger partial charge in [0, 0.05) is 30.2 Å². The summed E-state index contributed by atoms with van der Waals surface area (Å²) in [5.74, 6) is 0.502. The molecule has 0 radical (unpaired) electrons. The van der Waals surface area contributed by atoms with Crippen LogP contribution in [0.15, 0.2) is 42.5 Å². The maximum Gasteiger partial charge on any atom is 0.262 e. The summed E-state index contributed by atoms with van der Waals surface area (Å²) < 4.78 is 5.45. The molecule has 0 saturated carbocycles. The van der Waals surface area contributed by atoms with Crippen LogP contribution in [0.3, 0.4) is 0 Å². The Morgan fingerprint density at radius 2 is 1.92 bits per heavy atom. The van der Waals surface area contributed by atoms with Crippen molar-refractivity contribution in [2.45, 2.75) is 26.3 Å². The lowest BCUT2D eigenvalue weighted by molar-refractivity contribution is -0.131. The summed E-state index contributed by atoms with van der Waals surface area (Å²) in [5.41, 5.74) is 3.01. The Balaban J connectivity index is 1.59. The number of benzene rings is 2. The van der Waals surface area contributed by atoms with Crippen LogP contribution in [0.2, 0.25) is 5.02 Å². The van der Waals surface area contributed by atoms with E-state index in [1.165, 1.54) is 5.56 Å². The Kier molecular flexibility index (Phi) is 5.78. The highest BCUT2D eigenvalue weighted by molar-refractivity contribution is 6.30. The zero-order chi connectivity index (χ0) is 18.5. The highest BCUT2D eigenvalue weighted by Gasteiger charge is 2.19. The highest BCUT2D eigenvalue weighted by atomic mass is 35.5. The predicted octanol–water partition coefficient (Wildman–Crippen LogP) is 3.65. The lowest BCUT2D eigenvalue weighted by Crippen LogP contribution is -2.35. The number of nitrogens with zero attached hydrogens (tertiary/aromatic N) is 1. The number of anilines is 1. The fourth-order valence-electron chi connectivity index (χ4n) is 2.95. The van der Waals surface area contributed by atoms with Crippen LogP contribution in [-0.4, -0.2) is 29.9 Å². The summed E-state index contributed by atoms with van der Waals surface area (Å²) in [7, 11) is 0. The summed E-state index contributed by atoms with van der Waals surface area (Å²) in [4.78, 5) is 25.9. The fourth-order valence-corrected chi connectivity index (χ4v) is 3.07. The van der Waals surface area contributed by atoms with Crippen LogP contribution in [0, 0.1) is 0 Å². The summed E-state index contributed by atoms with van der Waals surface area (Å²) in [5, 5.41) is 3.46. The molecule has 136 valence electrons. The van der Waals surface area contributed by atoms with Gasteiger partial charge in [0.15, 0.2) is 6.61 Å². The quantitative estimate of drug-likeness (QED) is 0.871. The molecule has 6 heteroatoms. The zero-order valence-electron chi connectivity index (χ0n) is 14.6. The van der Waals surface area contributed by atoms with Crippen molar-refractivity contribution in [3.63, 3.8) is 0 Å². The van der Waals surface area contributed by atoms with Crippen molar-refractivity contribution in [1.29, 1.82) is 0 Å². The Bertz CT molecular complexity index is 805. The van der Waals surface area contributed by atoms with Crippen LogP contribution in [0.5, 0.6) is 5.75 Å². The van der Waals surface area contributed by atoms with Gasteiger partial charge in [0.05, 0.1) is 0 Å². The summed E-state index contributed by atoms with van der Waals surface area (Å²) in [6, 6.07) is 12.7. The van der Waals surface area contributed by atoms with Crippen LogP contribution >= 0.6 is 11.6 Å². The van der Waals surface area contributed by atoms with Gasteiger partial charge >= 0.3 is 0 Å². The number of hydrogen-bond donors (Lipinski definition) is 1. The Labute approximate surface area is 157 Å². The molecule has 0 atom stereocenters. The third-order valence-electron chi connectivity index (χ3n) is 4.34. The van der Waals surface area contributed by atoms with E-state index in [2.05, 4.69) is 5.32 Å². The minimum absolute atomic E-state index is 0.0842. The maximum absolute atomic E-state index is 12.1. The summed E-state index contributed by atoms with van der Waals surface area (Å²) >= 11 is 5.82.